The monoisotopic (exact) mass is 147 g/mol. The minimum atomic E-state index is 0.883. The molecule has 0 spiro atoms. The van der Waals surface area contributed by atoms with Crippen molar-refractivity contribution < 1.29 is 0 Å². The molecule has 1 N–H and O–H groups in total. The molecule has 58 valence electrons. The van der Waals surface area contributed by atoms with Crippen LogP contribution in [0.1, 0.15) is 13.3 Å². The Balaban J connectivity index is 2.40. The SMILES string of the molecule is CCNCC1=CCC#CC=C1. The second-order valence-corrected chi connectivity index (χ2v) is 2.42. The molecule has 0 radical (unpaired) electrons. The van der Waals surface area contributed by atoms with E-state index in [1.165, 1.54) is 5.57 Å². The van der Waals surface area contributed by atoms with Gasteiger partial charge in [-0.1, -0.05) is 24.8 Å². The van der Waals surface area contributed by atoms with Gasteiger partial charge in [0.05, 0.1) is 0 Å². The molecule has 0 atom stereocenters. The van der Waals surface area contributed by atoms with Crippen LogP contribution in [-0.4, -0.2) is 13.1 Å². The second-order valence-electron chi connectivity index (χ2n) is 2.42. The lowest BCUT2D eigenvalue weighted by Crippen LogP contribution is -2.15. The van der Waals surface area contributed by atoms with E-state index in [-0.39, 0.29) is 0 Å². The summed E-state index contributed by atoms with van der Waals surface area (Å²) in [6, 6.07) is 0. The van der Waals surface area contributed by atoms with Crippen molar-refractivity contribution in [2.24, 2.45) is 0 Å². The van der Waals surface area contributed by atoms with Crippen molar-refractivity contribution in [1.29, 1.82) is 0 Å². The highest BCUT2D eigenvalue weighted by atomic mass is 14.8. The summed E-state index contributed by atoms with van der Waals surface area (Å²) in [5, 5.41) is 3.27. The van der Waals surface area contributed by atoms with E-state index in [1.54, 1.807) is 0 Å². The van der Waals surface area contributed by atoms with Crippen LogP contribution in [0.25, 0.3) is 0 Å². The van der Waals surface area contributed by atoms with Gasteiger partial charge < -0.3 is 5.32 Å². The molecule has 1 heteroatoms. The maximum Gasteiger partial charge on any atom is 0.0279 e. The molecule has 0 bridgehead atoms. The van der Waals surface area contributed by atoms with Crippen LogP contribution in [0, 0.1) is 11.8 Å². The van der Waals surface area contributed by atoms with Gasteiger partial charge in [0.15, 0.2) is 0 Å². The zero-order valence-electron chi connectivity index (χ0n) is 6.85. The molecule has 1 aliphatic rings. The van der Waals surface area contributed by atoms with E-state index in [4.69, 9.17) is 0 Å². The van der Waals surface area contributed by atoms with Gasteiger partial charge in [-0.2, -0.15) is 0 Å². The van der Waals surface area contributed by atoms with Gasteiger partial charge in [0.25, 0.3) is 0 Å². The first-order valence-electron chi connectivity index (χ1n) is 3.98. The van der Waals surface area contributed by atoms with Crippen molar-refractivity contribution in [3.63, 3.8) is 0 Å². The van der Waals surface area contributed by atoms with Gasteiger partial charge >= 0.3 is 0 Å². The normalized spacial score (nSPS) is 14.8. The quantitative estimate of drug-likeness (QED) is 0.596. The van der Waals surface area contributed by atoms with E-state index >= 15 is 0 Å². The standard InChI is InChI=1S/C10H13N/c1-2-11-9-10-7-5-3-4-6-8-10/h5,7-8,11H,2,6,9H2,1H3. The number of rotatable bonds is 3. The number of nitrogens with one attached hydrogen (secondary N) is 1. The van der Waals surface area contributed by atoms with Crippen molar-refractivity contribution >= 4 is 0 Å². The molecule has 1 nitrogen and oxygen atoms in total. The molecular formula is C10H13N. The Hall–Kier alpha value is -1.00. The van der Waals surface area contributed by atoms with Gasteiger partial charge in [-0.3, -0.25) is 0 Å². The third-order valence-corrected chi connectivity index (χ3v) is 1.53. The van der Waals surface area contributed by atoms with E-state index in [1.807, 2.05) is 6.08 Å². The molecule has 1 rings (SSSR count). The summed E-state index contributed by atoms with van der Waals surface area (Å²) in [6.07, 6.45) is 7.03. The summed E-state index contributed by atoms with van der Waals surface area (Å²) in [4.78, 5) is 0. The minimum Gasteiger partial charge on any atom is -0.313 e. The molecule has 0 aromatic rings. The zero-order chi connectivity index (χ0) is 7.94. The van der Waals surface area contributed by atoms with Gasteiger partial charge in [-0.15, -0.1) is 0 Å². The minimum absolute atomic E-state index is 0.883. The predicted octanol–water partition coefficient (Wildman–Crippen LogP) is 1.49. The smallest absolute Gasteiger partial charge is 0.0279 e. The van der Waals surface area contributed by atoms with Gasteiger partial charge in [0, 0.05) is 13.0 Å². The molecule has 0 fully saturated rings. The van der Waals surface area contributed by atoms with Crippen molar-refractivity contribution in [2.45, 2.75) is 13.3 Å². The summed E-state index contributed by atoms with van der Waals surface area (Å²) in [7, 11) is 0. The fraction of sp³-hybridized carbons (Fsp3) is 0.400. The van der Waals surface area contributed by atoms with Crippen LogP contribution in [0.5, 0.6) is 0 Å². The molecule has 1 aliphatic carbocycles. The third-order valence-electron chi connectivity index (χ3n) is 1.53. The number of hydrogen-bond acceptors (Lipinski definition) is 1. The molecular weight excluding hydrogens is 134 g/mol. The maximum absolute atomic E-state index is 3.27. The number of hydrogen-bond donors (Lipinski definition) is 1. The van der Waals surface area contributed by atoms with Crippen LogP contribution in [0.4, 0.5) is 0 Å². The van der Waals surface area contributed by atoms with Gasteiger partial charge in [-0.25, -0.2) is 0 Å². The molecule has 0 aromatic heterocycles. The van der Waals surface area contributed by atoms with E-state index in [9.17, 15) is 0 Å². The second kappa shape index (κ2) is 4.76. The highest BCUT2D eigenvalue weighted by Gasteiger charge is 1.90. The molecule has 0 aliphatic heterocycles. The molecule has 0 saturated carbocycles. The summed E-state index contributed by atoms with van der Waals surface area (Å²) in [6.45, 7) is 4.08. The third kappa shape index (κ3) is 3.06. The summed E-state index contributed by atoms with van der Waals surface area (Å²) < 4.78 is 0. The highest BCUT2D eigenvalue weighted by molar-refractivity contribution is 5.32. The molecule has 0 heterocycles. The van der Waals surface area contributed by atoms with Crippen LogP contribution in [-0.2, 0) is 0 Å². The van der Waals surface area contributed by atoms with E-state index in [0.717, 1.165) is 19.5 Å². The summed E-state index contributed by atoms with van der Waals surface area (Å²) in [5.74, 6) is 5.96. The Morgan fingerprint density at radius 3 is 3.36 bits per heavy atom. The highest BCUT2D eigenvalue weighted by Crippen LogP contribution is 1.99. The van der Waals surface area contributed by atoms with Gasteiger partial charge in [0.2, 0.25) is 0 Å². The number of allylic oxidation sites excluding steroid dienone is 2. The van der Waals surface area contributed by atoms with Crippen LogP contribution in [0.3, 0.4) is 0 Å². The van der Waals surface area contributed by atoms with Crippen molar-refractivity contribution in [1.82, 2.24) is 5.32 Å². The molecule has 0 unspecified atom stereocenters. The van der Waals surface area contributed by atoms with Crippen LogP contribution < -0.4 is 5.32 Å². The van der Waals surface area contributed by atoms with Crippen LogP contribution in [0.15, 0.2) is 23.8 Å². The zero-order valence-corrected chi connectivity index (χ0v) is 6.85. The average molecular weight is 147 g/mol. The Bertz CT molecular complexity index is 225. The Morgan fingerprint density at radius 1 is 1.64 bits per heavy atom. The van der Waals surface area contributed by atoms with Crippen molar-refractivity contribution in [2.75, 3.05) is 13.1 Å². The molecule has 0 aromatic carbocycles. The van der Waals surface area contributed by atoms with Crippen LogP contribution >= 0.6 is 0 Å². The van der Waals surface area contributed by atoms with E-state index in [0.29, 0.717) is 0 Å². The Morgan fingerprint density at radius 2 is 2.55 bits per heavy atom. The first kappa shape index (κ1) is 8.10. The summed E-state index contributed by atoms with van der Waals surface area (Å²) in [5.41, 5.74) is 1.32. The average Bonchev–Trinajstić information content (AvgIpc) is 2.28. The molecule has 11 heavy (non-hydrogen) atoms. The van der Waals surface area contributed by atoms with E-state index in [2.05, 4.69) is 36.2 Å². The topological polar surface area (TPSA) is 12.0 Å². The number of likely N-dealkylation sites (N-methyl/N-ethyl adjacent to an activating group) is 1. The van der Waals surface area contributed by atoms with Gasteiger partial charge in [0.1, 0.15) is 0 Å². The maximum atomic E-state index is 3.27. The lowest BCUT2D eigenvalue weighted by Gasteiger charge is -2.00. The first-order chi connectivity index (χ1) is 5.43. The van der Waals surface area contributed by atoms with Crippen LogP contribution in [0.2, 0.25) is 0 Å². The largest absolute Gasteiger partial charge is 0.313 e. The fourth-order valence-corrected chi connectivity index (χ4v) is 0.917. The lowest BCUT2D eigenvalue weighted by molar-refractivity contribution is 0.783. The van der Waals surface area contributed by atoms with Crippen molar-refractivity contribution in [3.05, 3.63) is 23.8 Å². The summed E-state index contributed by atoms with van der Waals surface area (Å²) >= 11 is 0. The Kier molecular flexibility index (Phi) is 3.51. The first-order valence-corrected chi connectivity index (χ1v) is 3.98. The Labute approximate surface area is 68.2 Å². The lowest BCUT2D eigenvalue weighted by atomic mass is 10.2. The van der Waals surface area contributed by atoms with Gasteiger partial charge in [-0.05, 0) is 24.3 Å². The fourth-order valence-electron chi connectivity index (χ4n) is 0.917. The van der Waals surface area contributed by atoms with Crippen molar-refractivity contribution in [3.8, 4) is 11.8 Å². The predicted molar refractivity (Wildman–Crippen MR) is 48.2 cm³/mol. The van der Waals surface area contributed by atoms with E-state index < -0.39 is 0 Å². The molecule has 0 saturated heterocycles. The molecule has 0 amide bonds.